The molecule has 3 rings (SSSR count). The van der Waals surface area contributed by atoms with Crippen LogP contribution in [-0.2, 0) is 9.59 Å². The van der Waals surface area contributed by atoms with Gasteiger partial charge in [-0.2, -0.15) is 0 Å². The standard InChI is InChI=1S/C18H24N2O4/c21-14-6-7-15(17(22)19-24)16(10-14)18(23)20-9-8-13(11-20)12-4-2-1-3-5-12/h1-5,13-16,21,24H,6-11H2,(H,19,22)/t13-,14?,15?,16?/m0/s1. The van der Waals surface area contributed by atoms with Crippen molar-refractivity contribution in [2.45, 2.75) is 37.7 Å². The minimum absolute atomic E-state index is 0.0826. The fourth-order valence-electron chi connectivity index (χ4n) is 4.01. The molecule has 2 aliphatic rings. The molecule has 1 aromatic rings. The first-order valence-corrected chi connectivity index (χ1v) is 8.56. The van der Waals surface area contributed by atoms with E-state index in [0.29, 0.717) is 31.8 Å². The van der Waals surface area contributed by atoms with Crippen LogP contribution in [0.3, 0.4) is 0 Å². The van der Waals surface area contributed by atoms with E-state index in [9.17, 15) is 14.7 Å². The van der Waals surface area contributed by atoms with E-state index in [1.807, 2.05) is 18.2 Å². The average Bonchev–Trinajstić information content (AvgIpc) is 3.11. The molecule has 6 heteroatoms. The highest BCUT2D eigenvalue weighted by Crippen LogP contribution is 2.35. The van der Waals surface area contributed by atoms with Crippen molar-refractivity contribution in [3.8, 4) is 0 Å². The number of nitrogens with zero attached hydrogens (tertiary/aromatic N) is 1. The normalized spacial score (nSPS) is 30.2. The molecular formula is C18H24N2O4. The van der Waals surface area contributed by atoms with Gasteiger partial charge in [-0.05, 0) is 31.2 Å². The van der Waals surface area contributed by atoms with Crippen molar-refractivity contribution in [3.05, 3.63) is 35.9 Å². The lowest BCUT2D eigenvalue weighted by Gasteiger charge is -2.34. The van der Waals surface area contributed by atoms with Crippen LogP contribution in [0.25, 0.3) is 0 Å². The van der Waals surface area contributed by atoms with E-state index in [1.165, 1.54) is 5.56 Å². The molecule has 1 saturated carbocycles. The highest BCUT2D eigenvalue weighted by atomic mass is 16.5. The molecular weight excluding hydrogens is 308 g/mol. The Hall–Kier alpha value is -1.92. The van der Waals surface area contributed by atoms with Gasteiger partial charge in [0.2, 0.25) is 11.8 Å². The third kappa shape index (κ3) is 3.44. The number of nitrogens with one attached hydrogen (secondary N) is 1. The number of aliphatic hydroxyl groups excluding tert-OH is 1. The Labute approximate surface area is 141 Å². The number of amides is 2. The maximum Gasteiger partial charge on any atom is 0.247 e. The largest absolute Gasteiger partial charge is 0.393 e. The molecule has 0 spiro atoms. The van der Waals surface area contributed by atoms with Gasteiger partial charge in [-0.3, -0.25) is 14.8 Å². The molecule has 0 radical (unpaired) electrons. The molecule has 1 aliphatic heterocycles. The predicted molar refractivity (Wildman–Crippen MR) is 87.1 cm³/mol. The number of hydrogen-bond donors (Lipinski definition) is 3. The fourth-order valence-corrected chi connectivity index (χ4v) is 4.01. The van der Waals surface area contributed by atoms with E-state index >= 15 is 0 Å². The Morgan fingerprint density at radius 1 is 1.08 bits per heavy atom. The lowest BCUT2D eigenvalue weighted by molar-refractivity contribution is -0.148. The van der Waals surface area contributed by atoms with Gasteiger partial charge in [0.05, 0.1) is 17.9 Å². The summed E-state index contributed by atoms with van der Waals surface area (Å²) in [6.45, 7) is 1.31. The topological polar surface area (TPSA) is 89.9 Å². The van der Waals surface area contributed by atoms with Gasteiger partial charge in [-0.15, -0.1) is 0 Å². The first kappa shape index (κ1) is 16.9. The van der Waals surface area contributed by atoms with Crippen molar-refractivity contribution in [2.75, 3.05) is 13.1 Å². The van der Waals surface area contributed by atoms with Crippen LogP contribution in [0.1, 0.15) is 37.2 Å². The van der Waals surface area contributed by atoms with Gasteiger partial charge < -0.3 is 10.0 Å². The van der Waals surface area contributed by atoms with Crippen LogP contribution in [0.4, 0.5) is 0 Å². The van der Waals surface area contributed by atoms with Crippen molar-refractivity contribution in [1.29, 1.82) is 0 Å². The summed E-state index contributed by atoms with van der Waals surface area (Å²) in [5, 5.41) is 18.8. The van der Waals surface area contributed by atoms with Gasteiger partial charge >= 0.3 is 0 Å². The predicted octanol–water partition coefficient (Wildman–Crippen LogP) is 1.29. The number of carbonyl (C=O) groups is 2. The van der Waals surface area contributed by atoms with Crippen LogP contribution in [0.2, 0.25) is 0 Å². The summed E-state index contributed by atoms with van der Waals surface area (Å²) >= 11 is 0. The summed E-state index contributed by atoms with van der Waals surface area (Å²) in [5.74, 6) is -1.43. The Morgan fingerprint density at radius 2 is 1.83 bits per heavy atom. The van der Waals surface area contributed by atoms with Gasteiger partial charge in [0.1, 0.15) is 0 Å². The van der Waals surface area contributed by atoms with Gasteiger partial charge in [-0.1, -0.05) is 30.3 Å². The van der Waals surface area contributed by atoms with Crippen LogP contribution in [-0.4, -0.2) is 46.2 Å². The second-order valence-corrected chi connectivity index (χ2v) is 6.84. The Balaban J connectivity index is 1.69. The lowest BCUT2D eigenvalue weighted by atomic mass is 9.76. The molecule has 0 aromatic heterocycles. The fraction of sp³-hybridized carbons (Fsp3) is 0.556. The number of hydrogen-bond acceptors (Lipinski definition) is 4. The first-order valence-electron chi connectivity index (χ1n) is 8.56. The second kappa shape index (κ2) is 7.32. The second-order valence-electron chi connectivity index (χ2n) is 6.84. The molecule has 4 atom stereocenters. The Bertz CT molecular complexity index is 592. The molecule has 3 N–H and O–H groups in total. The van der Waals surface area contributed by atoms with Crippen LogP contribution in [0.5, 0.6) is 0 Å². The summed E-state index contributed by atoms with van der Waals surface area (Å²) in [4.78, 5) is 26.6. The van der Waals surface area contributed by atoms with E-state index < -0.39 is 23.8 Å². The van der Waals surface area contributed by atoms with Gasteiger partial charge in [0.15, 0.2) is 0 Å². The average molecular weight is 332 g/mol. The molecule has 3 unspecified atom stereocenters. The number of aliphatic hydroxyl groups is 1. The molecule has 0 bridgehead atoms. The highest BCUT2D eigenvalue weighted by molar-refractivity contribution is 5.87. The lowest BCUT2D eigenvalue weighted by Crippen LogP contribution is -2.46. The van der Waals surface area contributed by atoms with Crippen molar-refractivity contribution in [1.82, 2.24) is 10.4 Å². The molecule has 2 amide bonds. The molecule has 1 heterocycles. The minimum atomic E-state index is -0.568. The zero-order valence-corrected chi connectivity index (χ0v) is 13.6. The smallest absolute Gasteiger partial charge is 0.247 e. The minimum Gasteiger partial charge on any atom is -0.393 e. The van der Waals surface area contributed by atoms with Crippen LogP contribution in [0.15, 0.2) is 30.3 Å². The Morgan fingerprint density at radius 3 is 2.54 bits per heavy atom. The monoisotopic (exact) mass is 332 g/mol. The van der Waals surface area contributed by atoms with E-state index in [-0.39, 0.29) is 12.3 Å². The molecule has 1 aromatic carbocycles. The molecule has 1 saturated heterocycles. The van der Waals surface area contributed by atoms with Gasteiger partial charge in [0.25, 0.3) is 0 Å². The quantitative estimate of drug-likeness (QED) is 0.575. The van der Waals surface area contributed by atoms with Crippen LogP contribution < -0.4 is 5.48 Å². The summed E-state index contributed by atoms with van der Waals surface area (Å²) in [6, 6.07) is 10.1. The van der Waals surface area contributed by atoms with Crippen LogP contribution >= 0.6 is 0 Å². The first-order chi connectivity index (χ1) is 11.6. The van der Waals surface area contributed by atoms with Gasteiger partial charge in [-0.25, -0.2) is 5.48 Å². The summed E-state index contributed by atoms with van der Waals surface area (Å²) in [7, 11) is 0. The number of likely N-dealkylation sites (tertiary alicyclic amines) is 1. The summed E-state index contributed by atoms with van der Waals surface area (Å²) in [6.07, 6.45) is 1.52. The van der Waals surface area contributed by atoms with Crippen molar-refractivity contribution < 1.29 is 19.9 Å². The third-order valence-corrected chi connectivity index (χ3v) is 5.36. The molecule has 2 fully saturated rings. The molecule has 24 heavy (non-hydrogen) atoms. The molecule has 1 aliphatic carbocycles. The highest BCUT2D eigenvalue weighted by Gasteiger charge is 2.42. The number of carbonyl (C=O) groups excluding carboxylic acids is 2. The summed E-state index contributed by atoms with van der Waals surface area (Å²) < 4.78 is 0. The van der Waals surface area contributed by atoms with E-state index in [4.69, 9.17) is 5.21 Å². The number of benzene rings is 1. The van der Waals surface area contributed by atoms with E-state index in [2.05, 4.69) is 12.1 Å². The van der Waals surface area contributed by atoms with Crippen molar-refractivity contribution in [2.24, 2.45) is 11.8 Å². The van der Waals surface area contributed by atoms with Crippen molar-refractivity contribution >= 4 is 11.8 Å². The zero-order valence-electron chi connectivity index (χ0n) is 13.6. The van der Waals surface area contributed by atoms with E-state index in [1.54, 1.807) is 10.4 Å². The molecule has 6 nitrogen and oxygen atoms in total. The maximum atomic E-state index is 12.9. The Kier molecular flexibility index (Phi) is 5.16. The zero-order chi connectivity index (χ0) is 17.1. The number of rotatable bonds is 3. The van der Waals surface area contributed by atoms with Crippen molar-refractivity contribution in [3.63, 3.8) is 0 Å². The molecule has 130 valence electrons. The van der Waals surface area contributed by atoms with Gasteiger partial charge in [0, 0.05) is 19.0 Å². The van der Waals surface area contributed by atoms with E-state index in [0.717, 1.165) is 6.42 Å². The SMILES string of the molecule is O=C(NO)C1CCC(O)CC1C(=O)N1CC[C@H](c2ccccc2)C1. The maximum absolute atomic E-state index is 12.9. The number of hydroxylamine groups is 1. The third-order valence-electron chi connectivity index (χ3n) is 5.36. The summed E-state index contributed by atoms with van der Waals surface area (Å²) in [5.41, 5.74) is 2.89. The van der Waals surface area contributed by atoms with Crippen LogP contribution in [0, 0.1) is 11.8 Å².